The highest BCUT2D eigenvalue weighted by Crippen LogP contribution is 2.32. The lowest BCUT2D eigenvalue weighted by Gasteiger charge is -2.08. The molecule has 0 spiro atoms. The van der Waals surface area contributed by atoms with Crippen LogP contribution in [0.5, 0.6) is 0 Å². The van der Waals surface area contributed by atoms with Crippen LogP contribution in [-0.4, -0.2) is 20.4 Å². The van der Waals surface area contributed by atoms with Gasteiger partial charge in [0.2, 0.25) is 5.82 Å². The molecular formula is C6H2ClN7. The normalized spacial score (nSPS) is 12.9. The maximum absolute atomic E-state index is 5.77. The number of hydrogen-bond acceptors (Lipinski definition) is 7. The van der Waals surface area contributed by atoms with E-state index in [2.05, 4.69) is 36.2 Å². The summed E-state index contributed by atoms with van der Waals surface area (Å²) in [5.41, 5.74) is 3.79. The Labute approximate surface area is 82.2 Å². The Balaban J connectivity index is 2.53. The van der Waals surface area contributed by atoms with E-state index in [0.717, 1.165) is 0 Å². The Morgan fingerprint density at radius 1 is 1.29 bits per heavy atom. The van der Waals surface area contributed by atoms with Gasteiger partial charge in [-0.2, -0.15) is 0 Å². The first-order valence-corrected chi connectivity index (χ1v) is 4.09. The van der Waals surface area contributed by atoms with Gasteiger partial charge >= 0.3 is 0 Å². The third-order valence-electron chi connectivity index (χ3n) is 1.79. The summed E-state index contributed by atoms with van der Waals surface area (Å²) in [5, 5.41) is 19.4. The molecule has 1 aliphatic heterocycles. The standard InChI is InChI=1S/C6H2ClN7/c7-3-1-2-4-5(8-3)10-14-12-6(4)11-13-9-2/h1H,(H,8,9,10,11,12). The van der Waals surface area contributed by atoms with E-state index in [1.165, 1.54) is 0 Å². The van der Waals surface area contributed by atoms with Crippen molar-refractivity contribution in [3.63, 3.8) is 0 Å². The highest BCUT2D eigenvalue weighted by atomic mass is 35.5. The van der Waals surface area contributed by atoms with Gasteiger partial charge < -0.3 is 0 Å². The van der Waals surface area contributed by atoms with Crippen molar-refractivity contribution >= 4 is 34.1 Å². The zero-order valence-electron chi connectivity index (χ0n) is 6.64. The molecule has 0 bridgehead atoms. The van der Waals surface area contributed by atoms with Crippen molar-refractivity contribution in [3.05, 3.63) is 11.2 Å². The van der Waals surface area contributed by atoms with Crippen molar-refractivity contribution < 1.29 is 0 Å². The maximum Gasteiger partial charge on any atom is 0.213 e. The van der Waals surface area contributed by atoms with Gasteiger partial charge in [-0.3, -0.25) is 5.43 Å². The number of anilines is 1. The number of rotatable bonds is 0. The Morgan fingerprint density at radius 3 is 3.14 bits per heavy atom. The van der Waals surface area contributed by atoms with Gasteiger partial charge in [-0.15, -0.1) is 15.3 Å². The molecule has 0 radical (unpaired) electrons. The molecule has 8 heteroatoms. The average molecular weight is 208 g/mol. The minimum absolute atomic E-state index is 0.323. The van der Waals surface area contributed by atoms with Gasteiger partial charge in [-0.05, 0) is 5.21 Å². The van der Waals surface area contributed by atoms with Gasteiger partial charge in [0, 0.05) is 6.07 Å². The zero-order valence-corrected chi connectivity index (χ0v) is 7.39. The fraction of sp³-hybridized carbons (Fsp3) is 0. The minimum Gasteiger partial charge on any atom is -0.259 e. The molecule has 1 N–H and O–H groups in total. The van der Waals surface area contributed by atoms with E-state index in [9.17, 15) is 0 Å². The van der Waals surface area contributed by atoms with Crippen molar-refractivity contribution in [1.82, 2.24) is 20.4 Å². The van der Waals surface area contributed by atoms with Crippen molar-refractivity contribution in [3.8, 4) is 0 Å². The van der Waals surface area contributed by atoms with Crippen molar-refractivity contribution in [2.24, 2.45) is 10.3 Å². The van der Waals surface area contributed by atoms with Crippen LogP contribution in [0.1, 0.15) is 0 Å². The molecule has 0 saturated heterocycles. The molecule has 0 saturated carbocycles. The Bertz CT molecular complexity index is 551. The van der Waals surface area contributed by atoms with Crippen LogP contribution in [0.2, 0.25) is 5.15 Å². The molecule has 0 fully saturated rings. The van der Waals surface area contributed by atoms with E-state index in [1.807, 2.05) is 0 Å². The number of nitrogens with one attached hydrogen (secondary N) is 1. The summed E-state index contributed by atoms with van der Waals surface area (Å²) in [6.45, 7) is 0. The fourth-order valence-electron chi connectivity index (χ4n) is 1.24. The van der Waals surface area contributed by atoms with Gasteiger partial charge in [-0.25, -0.2) is 4.98 Å². The second kappa shape index (κ2) is 2.55. The molecule has 7 nitrogen and oxygen atoms in total. The molecule has 3 rings (SSSR count). The van der Waals surface area contributed by atoms with Crippen LogP contribution in [0.4, 0.5) is 11.5 Å². The summed E-state index contributed by atoms with van der Waals surface area (Å²) in [6, 6.07) is 1.63. The van der Waals surface area contributed by atoms with Crippen LogP contribution in [-0.2, 0) is 0 Å². The zero-order chi connectivity index (χ0) is 9.54. The molecule has 2 aromatic rings. The van der Waals surface area contributed by atoms with Gasteiger partial charge in [0.1, 0.15) is 5.15 Å². The van der Waals surface area contributed by atoms with Crippen LogP contribution >= 0.6 is 11.6 Å². The second-order valence-electron chi connectivity index (χ2n) is 2.62. The topological polar surface area (TPSA) is 88.3 Å². The summed E-state index contributed by atoms with van der Waals surface area (Å²) in [4.78, 5) is 3.99. The van der Waals surface area contributed by atoms with Crippen LogP contribution < -0.4 is 5.43 Å². The van der Waals surface area contributed by atoms with Gasteiger partial charge in [0.25, 0.3) is 0 Å². The first-order chi connectivity index (χ1) is 6.84. The molecule has 68 valence electrons. The lowest BCUT2D eigenvalue weighted by atomic mass is 10.2. The van der Waals surface area contributed by atoms with Gasteiger partial charge in [0.15, 0.2) is 5.65 Å². The number of hydrogen-bond donors (Lipinski definition) is 1. The summed E-state index contributed by atoms with van der Waals surface area (Å²) >= 11 is 5.77. The van der Waals surface area contributed by atoms with Gasteiger partial charge in [0.05, 0.1) is 11.1 Å². The largest absolute Gasteiger partial charge is 0.259 e. The SMILES string of the molecule is Clc1cc2c3c(nnnc3n1)N=NN2. The quantitative estimate of drug-likeness (QED) is 0.662. The van der Waals surface area contributed by atoms with Crippen molar-refractivity contribution in [1.29, 1.82) is 0 Å². The Kier molecular flexibility index (Phi) is 1.37. The van der Waals surface area contributed by atoms with E-state index in [-0.39, 0.29) is 0 Å². The first-order valence-electron chi connectivity index (χ1n) is 3.71. The van der Waals surface area contributed by atoms with E-state index in [4.69, 9.17) is 11.6 Å². The van der Waals surface area contributed by atoms with E-state index in [0.29, 0.717) is 27.7 Å². The maximum atomic E-state index is 5.77. The third-order valence-corrected chi connectivity index (χ3v) is 1.98. The number of pyridine rings is 1. The number of halogens is 1. The predicted molar refractivity (Wildman–Crippen MR) is 48.3 cm³/mol. The summed E-state index contributed by atoms with van der Waals surface area (Å²) < 4.78 is 0. The lowest BCUT2D eigenvalue weighted by molar-refractivity contribution is 0.869. The summed E-state index contributed by atoms with van der Waals surface area (Å²) in [5.74, 6) is 0.396. The molecule has 0 atom stereocenters. The Hall–Kier alpha value is -1.89. The molecule has 1 aliphatic rings. The van der Waals surface area contributed by atoms with Crippen LogP contribution in [0.15, 0.2) is 16.4 Å². The Morgan fingerprint density at radius 2 is 2.21 bits per heavy atom. The molecule has 2 aromatic heterocycles. The minimum atomic E-state index is 0.323. The summed E-state index contributed by atoms with van der Waals surface area (Å²) in [7, 11) is 0. The monoisotopic (exact) mass is 207 g/mol. The number of aromatic nitrogens is 4. The molecule has 0 unspecified atom stereocenters. The first kappa shape index (κ1) is 7.51. The van der Waals surface area contributed by atoms with E-state index < -0.39 is 0 Å². The highest BCUT2D eigenvalue weighted by molar-refractivity contribution is 6.30. The molecule has 14 heavy (non-hydrogen) atoms. The molecule has 0 aromatic carbocycles. The molecule has 0 amide bonds. The highest BCUT2D eigenvalue weighted by Gasteiger charge is 2.15. The third kappa shape index (κ3) is 0.925. The molecular weight excluding hydrogens is 206 g/mol. The van der Waals surface area contributed by atoms with Crippen molar-refractivity contribution in [2.45, 2.75) is 0 Å². The van der Waals surface area contributed by atoms with E-state index in [1.54, 1.807) is 6.07 Å². The van der Waals surface area contributed by atoms with Crippen LogP contribution in [0.25, 0.3) is 11.0 Å². The van der Waals surface area contributed by atoms with Crippen LogP contribution in [0.3, 0.4) is 0 Å². The fourth-order valence-corrected chi connectivity index (χ4v) is 1.42. The second-order valence-corrected chi connectivity index (χ2v) is 3.00. The predicted octanol–water partition coefficient (Wildman–Crippen LogP) is 1.50. The summed E-state index contributed by atoms with van der Waals surface area (Å²) in [6.07, 6.45) is 0. The molecule has 0 aliphatic carbocycles. The van der Waals surface area contributed by atoms with Crippen molar-refractivity contribution in [2.75, 3.05) is 5.43 Å². The van der Waals surface area contributed by atoms with E-state index >= 15 is 0 Å². The number of nitrogens with zero attached hydrogens (tertiary/aromatic N) is 6. The average Bonchev–Trinajstić information content (AvgIpc) is 2.18. The molecule has 3 heterocycles. The lowest BCUT2D eigenvalue weighted by Crippen LogP contribution is -2.00. The van der Waals surface area contributed by atoms with Crippen LogP contribution in [0, 0.1) is 0 Å². The van der Waals surface area contributed by atoms with Gasteiger partial charge in [-0.1, -0.05) is 16.8 Å². The smallest absolute Gasteiger partial charge is 0.213 e.